The normalized spacial score (nSPS) is 16.3. The van der Waals surface area contributed by atoms with Crippen LogP contribution < -0.4 is 21.3 Å². The van der Waals surface area contributed by atoms with Crippen LogP contribution in [0.5, 0.6) is 0 Å². The molecule has 0 bridgehead atoms. The van der Waals surface area contributed by atoms with Crippen LogP contribution in [0.15, 0.2) is 42.5 Å². The number of nitrogens with zero attached hydrogens (tertiary/aromatic N) is 1. The van der Waals surface area contributed by atoms with Gasteiger partial charge in [-0.3, -0.25) is 9.59 Å². The molecule has 0 saturated carbocycles. The minimum Gasteiger partial charge on any atom is -0.351 e. The average Bonchev–Trinajstić information content (AvgIpc) is 2.99. The molecule has 1 fully saturated rings. The highest BCUT2D eigenvalue weighted by molar-refractivity contribution is 6.13. The molecule has 4 N–H and O–H groups in total. The molecule has 0 aliphatic carbocycles. The fourth-order valence-corrected chi connectivity index (χ4v) is 3.12. The molecular weight excluding hydrogens is 344 g/mol. The minimum atomic E-state index is -0.737. The first-order valence-electron chi connectivity index (χ1n) is 8.71. The molecule has 0 aromatic heterocycles. The number of primary amides is 1. The molecule has 1 aliphatic rings. The van der Waals surface area contributed by atoms with Crippen molar-refractivity contribution in [2.24, 2.45) is 11.7 Å². The SMILES string of the molecule is Cc1ccc(N2CC[C@H](C(=O)Nc3cccc(NC(N)=O)c3)C2=O)cc1C. The summed E-state index contributed by atoms with van der Waals surface area (Å²) in [7, 11) is 0. The summed E-state index contributed by atoms with van der Waals surface area (Å²) in [6, 6.07) is 11.8. The molecule has 0 spiro atoms. The van der Waals surface area contributed by atoms with Crippen molar-refractivity contribution in [3.63, 3.8) is 0 Å². The molecule has 2 aromatic rings. The second-order valence-corrected chi connectivity index (χ2v) is 6.66. The van der Waals surface area contributed by atoms with E-state index in [2.05, 4.69) is 10.6 Å². The molecule has 2 aromatic carbocycles. The van der Waals surface area contributed by atoms with Gasteiger partial charge in [0.05, 0.1) is 0 Å². The van der Waals surface area contributed by atoms with E-state index in [0.717, 1.165) is 16.8 Å². The summed E-state index contributed by atoms with van der Waals surface area (Å²) >= 11 is 0. The predicted octanol–water partition coefficient (Wildman–Crippen LogP) is 2.79. The number of urea groups is 1. The van der Waals surface area contributed by atoms with Gasteiger partial charge in [-0.15, -0.1) is 0 Å². The fourth-order valence-electron chi connectivity index (χ4n) is 3.12. The zero-order valence-electron chi connectivity index (χ0n) is 15.3. The first-order chi connectivity index (χ1) is 12.8. The Balaban J connectivity index is 1.70. The zero-order valence-corrected chi connectivity index (χ0v) is 15.3. The van der Waals surface area contributed by atoms with Gasteiger partial charge in [-0.1, -0.05) is 12.1 Å². The molecule has 1 heterocycles. The van der Waals surface area contributed by atoms with Crippen LogP contribution in [0.25, 0.3) is 0 Å². The van der Waals surface area contributed by atoms with Crippen molar-refractivity contribution in [2.45, 2.75) is 20.3 Å². The summed E-state index contributed by atoms with van der Waals surface area (Å²) in [5.41, 5.74) is 9.12. The summed E-state index contributed by atoms with van der Waals surface area (Å²) in [6.07, 6.45) is 0.455. The molecule has 7 heteroatoms. The second kappa shape index (κ2) is 7.49. The molecule has 1 atom stereocenters. The number of hydrogen-bond acceptors (Lipinski definition) is 3. The Bertz CT molecular complexity index is 910. The number of nitrogens with one attached hydrogen (secondary N) is 2. The summed E-state index contributed by atoms with van der Waals surface area (Å²) in [5.74, 6) is -1.30. The van der Waals surface area contributed by atoms with Crippen LogP contribution in [0.1, 0.15) is 17.5 Å². The number of aryl methyl sites for hydroxylation is 2. The van der Waals surface area contributed by atoms with Gasteiger partial charge in [-0.2, -0.15) is 0 Å². The number of benzene rings is 2. The molecule has 27 heavy (non-hydrogen) atoms. The lowest BCUT2D eigenvalue weighted by molar-refractivity contribution is -0.129. The summed E-state index contributed by atoms with van der Waals surface area (Å²) in [4.78, 5) is 37.9. The van der Waals surface area contributed by atoms with Gasteiger partial charge in [0.25, 0.3) is 0 Å². The van der Waals surface area contributed by atoms with Crippen LogP contribution in [0.2, 0.25) is 0 Å². The number of nitrogens with two attached hydrogens (primary N) is 1. The van der Waals surface area contributed by atoms with Gasteiger partial charge in [0, 0.05) is 23.6 Å². The van der Waals surface area contributed by atoms with Gasteiger partial charge in [-0.25, -0.2) is 4.79 Å². The van der Waals surface area contributed by atoms with E-state index in [1.165, 1.54) is 0 Å². The van der Waals surface area contributed by atoms with Crippen LogP contribution in [-0.2, 0) is 9.59 Å². The fraction of sp³-hybridized carbons (Fsp3) is 0.250. The lowest BCUT2D eigenvalue weighted by Crippen LogP contribution is -2.33. The lowest BCUT2D eigenvalue weighted by Gasteiger charge is -2.18. The molecule has 140 valence electrons. The van der Waals surface area contributed by atoms with Crippen LogP contribution in [0.3, 0.4) is 0 Å². The van der Waals surface area contributed by atoms with E-state index in [1.54, 1.807) is 29.2 Å². The third kappa shape index (κ3) is 4.08. The van der Waals surface area contributed by atoms with Gasteiger partial charge >= 0.3 is 6.03 Å². The highest BCUT2D eigenvalue weighted by Crippen LogP contribution is 2.28. The molecule has 1 saturated heterocycles. The Morgan fingerprint density at radius 2 is 1.74 bits per heavy atom. The van der Waals surface area contributed by atoms with E-state index in [1.807, 2.05) is 32.0 Å². The summed E-state index contributed by atoms with van der Waals surface area (Å²) in [6.45, 7) is 4.52. The van der Waals surface area contributed by atoms with E-state index < -0.39 is 11.9 Å². The maximum atomic E-state index is 12.7. The zero-order chi connectivity index (χ0) is 19.6. The van der Waals surface area contributed by atoms with Gasteiger partial charge in [0.2, 0.25) is 11.8 Å². The van der Waals surface area contributed by atoms with E-state index >= 15 is 0 Å². The van der Waals surface area contributed by atoms with Crippen molar-refractivity contribution < 1.29 is 14.4 Å². The van der Waals surface area contributed by atoms with Crippen molar-refractivity contribution in [1.29, 1.82) is 0 Å². The van der Waals surface area contributed by atoms with Gasteiger partial charge in [-0.05, 0) is 61.7 Å². The lowest BCUT2D eigenvalue weighted by atomic mass is 10.1. The molecule has 0 radical (unpaired) electrons. The Labute approximate surface area is 157 Å². The Morgan fingerprint density at radius 3 is 2.41 bits per heavy atom. The second-order valence-electron chi connectivity index (χ2n) is 6.66. The van der Waals surface area contributed by atoms with Crippen LogP contribution in [0.4, 0.5) is 21.9 Å². The first-order valence-corrected chi connectivity index (χ1v) is 8.71. The molecule has 0 unspecified atom stereocenters. The molecule has 4 amide bonds. The number of carbonyl (C=O) groups excluding carboxylic acids is 3. The van der Waals surface area contributed by atoms with Crippen LogP contribution >= 0.6 is 0 Å². The van der Waals surface area contributed by atoms with Crippen molar-refractivity contribution in [3.8, 4) is 0 Å². The van der Waals surface area contributed by atoms with Crippen LogP contribution in [0, 0.1) is 19.8 Å². The minimum absolute atomic E-state index is 0.206. The van der Waals surface area contributed by atoms with Crippen molar-refractivity contribution in [3.05, 3.63) is 53.6 Å². The predicted molar refractivity (Wildman–Crippen MR) is 105 cm³/mol. The van der Waals surface area contributed by atoms with Gasteiger partial charge in [0.1, 0.15) is 5.92 Å². The third-order valence-electron chi connectivity index (χ3n) is 4.72. The van der Waals surface area contributed by atoms with Crippen molar-refractivity contribution in [2.75, 3.05) is 22.1 Å². The Hall–Kier alpha value is -3.35. The largest absolute Gasteiger partial charge is 0.351 e. The Morgan fingerprint density at radius 1 is 1.04 bits per heavy atom. The summed E-state index contributed by atoms with van der Waals surface area (Å²) < 4.78 is 0. The maximum Gasteiger partial charge on any atom is 0.316 e. The highest BCUT2D eigenvalue weighted by atomic mass is 16.2. The Kier molecular flexibility index (Phi) is 5.12. The van der Waals surface area contributed by atoms with E-state index in [9.17, 15) is 14.4 Å². The van der Waals surface area contributed by atoms with Gasteiger partial charge in [0.15, 0.2) is 0 Å². The molecule has 7 nitrogen and oxygen atoms in total. The number of anilines is 3. The van der Waals surface area contributed by atoms with Crippen molar-refractivity contribution in [1.82, 2.24) is 0 Å². The first kappa shape index (κ1) is 18.4. The third-order valence-corrected chi connectivity index (χ3v) is 4.72. The molecule has 1 aliphatic heterocycles. The van der Waals surface area contributed by atoms with E-state index in [-0.39, 0.29) is 11.8 Å². The molecule has 3 rings (SSSR count). The number of carbonyl (C=O) groups is 3. The highest BCUT2D eigenvalue weighted by Gasteiger charge is 2.37. The smallest absolute Gasteiger partial charge is 0.316 e. The maximum absolute atomic E-state index is 12.7. The average molecular weight is 366 g/mol. The van der Waals surface area contributed by atoms with Crippen LogP contribution in [-0.4, -0.2) is 24.4 Å². The standard InChI is InChI=1S/C20H22N4O3/c1-12-6-7-16(10-13(12)2)24-9-8-17(19(24)26)18(25)22-14-4-3-5-15(11-14)23-20(21)27/h3-7,10-11,17H,8-9H2,1-2H3,(H,22,25)(H3,21,23,27)/t17-/m1/s1. The molecular formula is C20H22N4O3. The number of amides is 4. The topological polar surface area (TPSA) is 105 Å². The monoisotopic (exact) mass is 366 g/mol. The van der Waals surface area contributed by atoms with Gasteiger partial charge < -0.3 is 21.3 Å². The summed E-state index contributed by atoms with van der Waals surface area (Å²) in [5, 5.41) is 5.19. The van der Waals surface area contributed by atoms with E-state index in [4.69, 9.17) is 5.73 Å². The van der Waals surface area contributed by atoms with E-state index in [0.29, 0.717) is 24.3 Å². The quantitative estimate of drug-likeness (QED) is 0.725. The number of rotatable bonds is 4. The number of hydrogen-bond donors (Lipinski definition) is 3. The van der Waals surface area contributed by atoms with Crippen molar-refractivity contribution >= 4 is 34.9 Å².